The van der Waals surface area contributed by atoms with Crippen molar-refractivity contribution in [3.8, 4) is 11.5 Å². The van der Waals surface area contributed by atoms with Crippen LogP contribution in [0, 0.1) is 0 Å². The van der Waals surface area contributed by atoms with Crippen molar-refractivity contribution in [3.63, 3.8) is 0 Å². The van der Waals surface area contributed by atoms with Gasteiger partial charge in [0.2, 0.25) is 5.91 Å². The first-order chi connectivity index (χ1) is 10.2. The fourth-order valence-electron chi connectivity index (χ4n) is 2.28. The van der Waals surface area contributed by atoms with Crippen LogP contribution in [0.3, 0.4) is 0 Å². The molecule has 2 N–H and O–H groups in total. The lowest BCUT2D eigenvalue weighted by Gasteiger charge is -2.17. The maximum absolute atomic E-state index is 11.3. The molecule has 1 aliphatic rings. The number of anilines is 1. The molecule has 0 unspecified atom stereocenters. The number of carbonyl (C=O) groups is 1. The van der Waals surface area contributed by atoms with E-state index in [1.807, 2.05) is 12.1 Å². The zero-order chi connectivity index (χ0) is 14.8. The van der Waals surface area contributed by atoms with Crippen LogP contribution >= 0.6 is 11.6 Å². The predicted octanol–water partition coefficient (Wildman–Crippen LogP) is 3.51. The molecular weight excluding hydrogens is 290 g/mol. The van der Waals surface area contributed by atoms with Crippen LogP contribution in [0.25, 0.3) is 0 Å². The Kier molecular flexibility index (Phi) is 3.82. The molecule has 1 heterocycles. The number of hydrogen-bond acceptors (Lipinski definition) is 3. The maximum atomic E-state index is 11.3. The van der Waals surface area contributed by atoms with Gasteiger partial charge in [-0.15, -0.1) is 0 Å². The SMILES string of the molecule is O=C1CCc2cc(Oc3ccc(CO)c(Cl)c3)ccc2N1. The molecule has 5 heteroatoms. The van der Waals surface area contributed by atoms with Crippen LogP contribution in [0.2, 0.25) is 5.02 Å². The summed E-state index contributed by atoms with van der Waals surface area (Å²) in [7, 11) is 0. The van der Waals surface area contributed by atoms with E-state index in [-0.39, 0.29) is 12.5 Å². The Morgan fingerprint density at radius 3 is 2.67 bits per heavy atom. The highest BCUT2D eigenvalue weighted by molar-refractivity contribution is 6.31. The monoisotopic (exact) mass is 303 g/mol. The number of benzene rings is 2. The van der Waals surface area contributed by atoms with Crippen LogP contribution in [0.4, 0.5) is 5.69 Å². The summed E-state index contributed by atoms with van der Waals surface area (Å²) in [6.07, 6.45) is 1.20. The lowest BCUT2D eigenvalue weighted by molar-refractivity contribution is -0.116. The average Bonchev–Trinajstić information content (AvgIpc) is 2.48. The number of nitrogens with one attached hydrogen (secondary N) is 1. The molecule has 0 radical (unpaired) electrons. The van der Waals surface area contributed by atoms with E-state index in [1.54, 1.807) is 24.3 Å². The molecule has 0 saturated heterocycles. The maximum Gasteiger partial charge on any atom is 0.224 e. The topological polar surface area (TPSA) is 58.6 Å². The second kappa shape index (κ2) is 5.76. The van der Waals surface area contributed by atoms with E-state index in [1.165, 1.54) is 0 Å². The Bertz CT molecular complexity index is 700. The quantitative estimate of drug-likeness (QED) is 0.912. The van der Waals surface area contributed by atoms with Crippen molar-refractivity contribution in [3.05, 3.63) is 52.5 Å². The number of rotatable bonds is 3. The molecule has 0 spiro atoms. The second-order valence-electron chi connectivity index (χ2n) is 4.88. The molecule has 0 atom stereocenters. The number of halogens is 1. The highest BCUT2D eigenvalue weighted by Gasteiger charge is 2.15. The summed E-state index contributed by atoms with van der Waals surface area (Å²) in [6, 6.07) is 10.7. The average molecular weight is 304 g/mol. The van der Waals surface area contributed by atoms with Gasteiger partial charge in [0.1, 0.15) is 11.5 Å². The summed E-state index contributed by atoms with van der Waals surface area (Å²) in [5, 5.41) is 12.4. The summed E-state index contributed by atoms with van der Waals surface area (Å²) in [5.41, 5.74) is 2.56. The van der Waals surface area contributed by atoms with Gasteiger partial charge in [-0.2, -0.15) is 0 Å². The van der Waals surface area contributed by atoms with E-state index >= 15 is 0 Å². The van der Waals surface area contributed by atoms with E-state index in [4.69, 9.17) is 21.4 Å². The Balaban J connectivity index is 1.82. The molecule has 4 nitrogen and oxygen atoms in total. The van der Waals surface area contributed by atoms with E-state index in [0.717, 1.165) is 11.3 Å². The lowest BCUT2D eigenvalue weighted by Crippen LogP contribution is -2.18. The van der Waals surface area contributed by atoms with Crippen molar-refractivity contribution in [2.24, 2.45) is 0 Å². The van der Waals surface area contributed by atoms with E-state index in [9.17, 15) is 4.79 Å². The van der Waals surface area contributed by atoms with Crippen LogP contribution in [0.5, 0.6) is 11.5 Å². The number of amides is 1. The number of aliphatic hydroxyl groups is 1. The predicted molar refractivity (Wildman–Crippen MR) is 80.8 cm³/mol. The Morgan fingerprint density at radius 1 is 1.14 bits per heavy atom. The van der Waals surface area contributed by atoms with Crippen LogP contribution in [0.15, 0.2) is 36.4 Å². The summed E-state index contributed by atoms with van der Waals surface area (Å²) in [5.74, 6) is 1.34. The van der Waals surface area contributed by atoms with Gasteiger partial charge in [0.15, 0.2) is 0 Å². The minimum Gasteiger partial charge on any atom is -0.457 e. The molecule has 2 aromatic rings. The summed E-state index contributed by atoms with van der Waals surface area (Å²) >= 11 is 6.04. The number of ether oxygens (including phenoxy) is 1. The summed E-state index contributed by atoms with van der Waals surface area (Å²) < 4.78 is 5.77. The van der Waals surface area contributed by atoms with Gasteiger partial charge in [-0.3, -0.25) is 4.79 Å². The molecule has 2 aromatic carbocycles. The smallest absolute Gasteiger partial charge is 0.224 e. The fraction of sp³-hybridized carbons (Fsp3) is 0.188. The third-order valence-electron chi connectivity index (χ3n) is 3.40. The van der Waals surface area contributed by atoms with Gasteiger partial charge in [0.05, 0.1) is 6.61 Å². The number of aryl methyl sites for hydroxylation is 1. The van der Waals surface area contributed by atoms with Crippen molar-refractivity contribution in [1.29, 1.82) is 0 Å². The number of aliphatic hydroxyl groups excluding tert-OH is 1. The van der Waals surface area contributed by atoms with E-state index in [0.29, 0.717) is 34.9 Å². The molecule has 0 saturated carbocycles. The molecule has 3 rings (SSSR count). The number of fused-ring (bicyclic) bond motifs is 1. The van der Waals surface area contributed by atoms with Gasteiger partial charge in [-0.05, 0) is 47.9 Å². The lowest BCUT2D eigenvalue weighted by atomic mass is 10.0. The van der Waals surface area contributed by atoms with Crippen LogP contribution in [-0.4, -0.2) is 11.0 Å². The second-order valence-corrected chi connectivity index (χ2v) is 5.29. The zero-order valence-electron chi connectivity index (χ0n) is 11.2. The van der Waals surface area contributed by atoms with E-state index in [2.05, 4.69) is 5.32 Å². The first kappa shape index (κ1) is 13.9. The molecule has 0 aliphatic carbocycles. The van der Waals surface area contributed by atoms with Crippen molar-refractivity contribution in [2.45, 2.75) is 19.4 Å². The normalized spacial score (nSPS) is 13.5. The molecule has 0 fully saturated rings. The molecular formula is C16H14ClNO3. The fourth-order valence-corrected chi connectivity index (χ4v) is 2.51. The zero-order valence-corrected chi connectivity index (χ0v) is 12.0. The van der Waals surface area contributed by atoms with Crippen molar-refractivity contribution >= 4 is 23.2 Å². The Morgan fingerprint density at radius 2 is 1.90 bits per heavy atom. The molecule has 1 amide bonds. The minimum absolute atomic E-state index is 0.0440. The van der Waals surface area contributed by atoms with E-state index < -0.39 is 0 Å². The highest BCUT2D eigenvalue weighted by atomic mass is 35.5. The minimum atomic E-state index is -0.0995. The largest absolute Gasteiger partial charge is 0.457 e. The third kappa shape index (κ3) is 3.01. The van der Waals surface area contributed by atoms with Gasteiger partial charge in [-0.25, -0.2) is 0 Å². The Labute approximate surface area is 127 Å². The molecule has 1 aliphatic heterocycles. The molecule has 21 heavy (non-hydrogen) atoms. The first-order valence-corrected chi connectivity index (χ1v) is 7.03. The van der Waals surface area contributed by atoms with Gasteiger partial charge in [-0.1, -0.05) is 17.7 Å². The van der Waals surface area contributed by atoms with Gasteiger partial charge in [0, 0.05) is 17.1 Å². The van der Waals surface area contributed by atoms with Gasteiger partial charge in [0.25, 0.3) is 0 Å². The van der Waals surface area contributed by atoms with Crippen molar-refractivity contribution < 1.29 is 14.6 Å². The van der Waals surface area contributed by atoms with Crippen molar-refractivity contribution in [2.75, 3.05) is 5.32 Å². The van der Waals surface area contributed by atoms with Crippen molar-refractivity contribution in [1.82, 2.24) is 0 Å². The molecule has 108 valence electrons. The van der Waals surface area contributed by atoms with Gasteiger partial charge >= 0.3 is 0 Å². The van der Waals surface area contributed by atoms with Crippen LogP contribution in [0.1, 0.15) is 17.5 Å². The molecule has 0 bridgehead atoms. The Hall–Kier alpha value is -2.04. The summed E-state index contributed by atoms with van der Waals surface area (Å²) in [4.78, 5) is 11.3. The summed E-state index contributed by atoms with van der Waals surface area (Å²) in [6.45, 7) is -0.0995. The standard InChI is InChI=1S/C16H14ClNO3/c17-14-8-13(3-1-11(14)9-19)21-12-4-5-15-10(7-12)2-6-16(20)18-15/h1,3-5,7-8,19H,2,6,9H2,(H,18,20). The van der Waals surface area contributed by atoms with Crippen LogP contribution in [-0.2, 0) is 17.8 Å². The van der Waals surface area contributed by atoms with Gasteiger partial charge < -0.3 is 15.2 Å². The third-order valence-corrected chi connectivity index (χ3v) is 3.75. The number of carbonyl (C=O) groups excluding carboxylic acids is 1. The first-order valence-electron chi connectivity index (χ1n) is 6.65. The number of hydrogen-bond donors (Lipinski definition) is 2. The van der Waals surface area contributed by atoms with Crippen LogP contribution < -0.4 is 10.1 Å². The highest BCUT2D eigenvalue weighted by Crippen LogP contribution is 2.31. The molecule has 0 aromatic heterocycles.